The Kier molecular flexibility index (Phi) is 10.3. The first-order valence-corrected chi connectivity index (χ1v) is 16.7. The summed E-state index contributed by atoms with van der Waals surface area (Å²) >= 11 is 0. The molecule has 12 heteroatoms. The number of nitrogens with one attached hydrogen (secondary N) is 1. The standard InChI is InChI=1S/C34H41N5O6S/c1-24-18-39(25(2)22-40)34(41)17-27-16-28(36-46(42,43)33-21-38(4)23-35-33)12-15-31(27)45-32(24)20-37(3)19-26-10-13-30(14-11-26)44-29-8-6-5-7-9-29/h5-16,21,23-25,32,36,40H,17-20,22H2,1-4H3/t24-,25+,32-/m1/s1. The predicted molar refractivity (Wildman–Crippen MR) is 175 cm³/mol. The Morgan fingerprint density at radius 3 is 2.50 bits per heavy atom. The van der Waals surface area contributed by atoms with Gasteiger partial charge >= 0.3 is 0 Å². The van der Waals surface area contributed by atoms with Crippen molar-refractivity contribution in [1.82, 2.24) is 19.4 Å². The third-order valence-corrected chi connectivity index (χ3v) is 9.24. The number of rotatable bonds is 11. The fourth-order valence-corrected chi connectivity index (χ4v) is 6.45. The molecule has 0 unspecified atom stereocenters. The summed E-state index contributed by atoms with van der Waals surface area (Å²) in [5.74, 6) is 1.80. The Labute approximate surface area is 270 Å². The number of aliphatic hydroxyl groups is 1. The molecule has 1 aliphatic rings. The largest absolute Gasteiger partial charge is 0.488 e. The van der Waals surface area contributed by atoms with E-state index in [1.807, 2.05) is 75.5 Å². The summed E-state index contributed by atoms with van der Waals surface area (Å²) in [5.41, 5.74) is 1.95. The number of carbonyl (C=O) groups is 1. The van der Waals surface area contributed by atoms with Crippen molar-refractivity contribution in [2.24, 2.45) is 13.0 Å². The number of sulfonamides is 1. The van der Waals surface area contributed by atoms with E-state index in [1.54, 1.807) is 34.7 Å². The highest BCUT2D eigenvalue weighted by atomic mass is 32.2. The first-order valence-electron chi connectivity index (χ1n) is 15.2. The third-order valence-electron chi connectivity index (χ3n) is 7.97. The van der Waals surface area contributed by atoms with Gasteiger partial charge in [0.25, 0.3) is 10.0 Å². The second kappa shape index (κ2) is 14.4. The molecule has 1 aromatic heterocycles. The van der Waals surface area contributed by atoms with E-state index in [2.05, 4.69) is 14.6 Å². The van der Waals surface area contributed by atoms with Crippen LogP contribution in [0.1, 0.15) is 25.0 Å². The van der Waals surface area contributed by atoms with Gasteiger partial charge in [-0.2, -0.15) is 8.42 Å². The summed E-state index contributed by atoms with van der Waals surface area (Å²) in [4.78, 5) is 21.4. The van der Waals surface area contributed by atoms with Gasteiger partial charge < -0.3 is 24.0 Å². The maximum absolute atomic E-state index is 13.5. The van der Waals surface area contributed by atoms with Crippen LogP contribution in [0.5, 0.6) is 17.2 Å². The minimum Gasteiger partial charge on any atom is -0.488 e. The number of aliphatic hydroxyl groups excluding tert-OH is 1. The minimum atomic E-state index is -3.93. The second-order valence-corrected chi connectivity index (χ2v) is 13.6. The first-order chi connectivity index (χ1) is 22.0. The number of benzene rings is 3. The molecule has 46 heavy (non-hydrogen) atoms. The molecule has 0 radical (unpaired) electrons. The molecule has 1 aliphatic heterocycles. The SMILES string of the molecule is C[C@@H]1CN([C@@H](C)CO)C(=O)Cc2cc(NS(=O)(=O)c3cn(C)cn3)ccc2O[C@@H]1CN(C)Cc1ccc(Oc2ccccc2)cc1. The van der Waals surface area contributed by atoms with Crippen LogP contribution >= 0.6 is 0 Å². The number of aromatic nitrogens is 2. The average molecular weight is 648 g/mol. The number of imidazole rings is 1. The number of nitrogens with zero attached hydrogens (tertiary/aromatic N) is 4. The number of amides is 1. The number of para-hydroxylation sites is 1. The zero-order valence-corrected chi connectivity index (χ0v) is 27.4. The van der Waals surface area contributed by atoms with E-state index in [0.717, 1.165) is 17.1 Å². The van der Waals surface area contributed by atoms with Gasteiger partial charge in [0.15, 0.2) is 5.03 Å². The highest BCUT2D eigenvalue weighted by Gasteiger charge is 2.31. The monoisotopic (exact) mass is 647 g/mol. The van der Waals surface area contributed by atoms with Gasteiger partial charge in [0.05, 0.1) is 25.4 Å². The predicted octanol–water partition coefficient (Wildman–Crippen LogP) is 4.29. The number of hydrogen-bond donors (Lipinski definition) is 2. The van der Waals surface area contributed by atoms with Gasteiger partial charge in [0.2, 0.25) is 5.91 Å². The number of ether oxygens (including phenoxy) is 2. The molecule has 3 atom stereocenters. The molecule has 0 spiro atoms. The minimum absolute atomic E-state index is 0.00842. The van der Waals surface area contributed by atoms with Crippen LogP contribution in [0.4, 0.5) is 5.69 Å². The summed E-state index contributed by atoms with van der Waals surface area (Å²) in [5, 5.41) is 9.84. The van der Waals surface area contributed by atoms with Crippen LogP contribution in [0.3, 0.4) is 0 Å². The zero-order chi connectivity index (χ0) is 32.8. The van der Waals surface area contributed by atoms with E-state index in [1.165, 1.54) is 12.5 Å². The van der Waals surface area contributed by atoms with Crippen molar-refractivity contribution in [3.63, 3.8) is 0 Å². The molecule has 0 saturated heterocycles. The van der Waals surface area contributed by atoms with Gasteiger partial charge in [-0.05, 0) is 62.0 Å². The van der Waals surface area contributed by atoms with Crippen molar-refractivity contribution < 1.29 is 27.8 Å². The summed E-state index contributed by atoms with van der Waals surface area (Å²) in [7, 11) is -0.224. The molecule has 244 valence electrons. The Balaban J connectivity index is 1.34. The number of aryl methyl sites for hydroxylation is 1. The third kappa shape index (κ3) is 8.25. The van der Waals surface area contributed by atoms with Crippen LogP contribution in [-0.2, 0) is 34.8 Å². The topological polar surface area (TPSA) is 126 Å². The lowest BCUT2D eigenvalue weighted by atomic mass is 10.0. The number of hydrogen-bond acceptors (Lipinski definition) is 8. The molecule has 0 bridgehead atoms. The van der Waals surface area contributed by atoms with E-state index >= 15 is 0 Å². The van der Waals surface area contributed by atoms with Crippen molar-refractivity contribution in [3.05, 3.63) is 96.4 Å². The van der Waals surface area contributed by atoms with E-state index in [9.17, 15) is 18.3 Å². The summed E-state index contributed by atoms with van der Waals surface area (Å²) < 4.78 is 42.5. The fraction of sp³-hybridized carbons (Fsp3) is 0.353. The number of likely N-dealkylation sites (N-methyl/N-ethyl adjacent to an activating group) is 1. The molecule has 2 N–H and O–H groups in total. The van der Waals surface area contributed by atoms with Gasteiger partial charge in [0.1, 0.15) is 23.4 Å². The average Bonchev–Trinajstić information content (AvgIpc) is 3.49. The molecule has 3 aromatic carbocycles. The number of anilines is 1. The van der Waals surface area contributed by atoms with E-state index < -0.39 is 16.1 Å². The molecule has 4 aromatic rings. The van der Waals surface area contributed by atoms with Crippen LogP contribution < -0.4 is 14.2 Å². The molecule has 0 saturated carbocycles. The maximum Gasteiger partial charge on any atom is 0.280 e. The molecule has 0 fully saturated rings. The quantitative estimate of drug-likeness (QED) is 0.247. The van der Waals surface area contributed by atoms with Gasteiger partial charge in [0, 0.05) is 50.0 Å². The Bertz CT molecular complexity index is 1730. The number of carbonyl (C=O) groups excluding carboxylic acids is 1. The van der Waals surface area contributed by atoms with Crippen LogP contribution in [0, 0.1) is 5.92 Å². The van der Waals surface area contributed by atoms with Gasteiger partial charge in [-0.3, -0.25) is 14.4 Å². The van der Waals surface area contributed by atoms with Crippen molar-refractivity contribution in [1.29, 1.82) is 0 Å². The zero-order valence-electron chi connectivity index (χ0n) is 26.5. The van der Waals surface area contributed by atoms with Crippen molar-refractivity contribution >= 4 is 21.6 Å². The van der Waals surface area contributed by atoms with Gasteiger partial charge in [-0.25, -0.2) is 4.98 Å². The van der Waals surface area contributed by atoms with Crippen LogP contribution in [0.2, 0.25) is 0 Å². The van der Waals surface area contributed by atoms with Crippen molar-refractivity contribution in [3.8, 4) is 17.2 Å². The van der Waals surface area contributed by atoms with Crippen LogP contribution in [0.15, 0.2) is 90.3 Å². The molecular weight excluding hydrogens is 606 g/mol. The maximum atomic E-state index is 13.5. The van der Waals surface area contributed by atoms with Crippen LogP contribution in [-0.4, -0.2) is 77.7 Å². The van der Waals surface area contributed by atoms with E-state index in [0.29, 0.717) is 36.6 Å². The molecule has 11 nitrogen and oxygen atoms in total. The van der Waals surface area contributed by atoms with Gasteiger partial charge in [-0.1, -0.05) is 37.3 Å². The molecular formula is C34H41N5O6S. The Hall–Kier alpha value is -4.39. The molecule has 5 rings (SSSR count). The summed E-state index contributed by atoms with van der Waals surface area (Å²) in [6.07, 6.45) is 2.51. The number of fused-ring (bicyclic) bond motifs is 1. The molecule has 2 heterocycles. The molecule has 0 aliphatic carbocycles. The van der Waals surface area contributed by atoms with Gasteiger partial charge in [-0.15, -0.1) is 0 Å². The Morgan fingerprint density at radius 1 is 1.11 bits per heavy atom. The summed E-state index contributed by atoms with van der Waals surface area (Å²) in [6.45, 7) is 5.30. The Morgan fingerprint density at radius 2 is 1.83 bits per heavy atom. The molecule has 1 amide bonds. The van der Waals surface area contributed by atoms with Crippen LogP contribution in [0.25, 0.3) is 0 Å². The van der Waals surface area contributed by atoms with Crippen molar-refractivity contribution in [2.45, 2.75) is 44.0 Å². The summed E-state index contributed by atoms with van der Waals surface area (Å²) in [6, 6.07) is 22.2. The van der Waals surface area contributed by atoms with E-state index in [4.69, 9.17) is 9.47 Å². The smallest absolute Gasteiger partial charge is 0.280 e. The lowest BCUT2D eigenvalue weighted by molar-refractivity contribution is -0.134. The first kappa shape index (κ1) is 33.0. The fourth-order valence-electron chi connectivity index (χ4n) is 5.42. The lowest BCUT2D eigenvalue weighted by Gasteiger charge is -2.34. The lowest BCUT2D eigenvalue weighted by Crippen LogP contribution is -2.47. The second-order valence-electron chi connectivity index (χ2n) is 11.9. The highest BCUT2D eigenvalue weighted by Crippen LogP contribution is 2.30. The normalized spacial score (nSPS) is 17.8. The highest BCUT2D eigenvalue weighted by molar-refractivity contribution is 7.92. The van der Waals surface area contributed by atoms with E-state index in [-0.39, 0.29) is 36.0 Å². The van der Waals surface area contributed by atoms with Crippen molar-refractivity contribution in [2.75, 3.05) is 31.5 Å².